The van der Waals surface area contributed by atoms with Crippen LogP contribution in [-0.4, -0.2) is 18.3 Å². The Kier molecular flexibility index (Phi) is 3.03. The van der Waals surface area contributed by atoms with Gasteiger partial charge in [-0.1, -0.05) is 15.9 Å². The molecule has 1 aromatic rings. The molecule has 2 nitrogen and oxygen atoms in total. The molecule has 1 aliphatic carbocycles. The summed E-state index contributed by atoms with van der Waals surface area (Å²) in [7, 11) is 0. The Balaban J connectivity index is 1.96. The minimum atomic E-state index is 0.168. The van der Waals surface area contributed by atoms with Crippen LogP contribution in [0.25, 0.3) is 0 Å². The van der Waals surface area contributed by atoms with Crippen LogP contribution in [0.15, 0.2) is 22.7 Å². The number of rotatable bonds is 4. The Morgan fingerprint density at radius 2 is 2.20 bits per heavy atom. The summed E-state index contributed by atoms with van der Waals surface area (Å²) in [5.41, 5.74) is 2.53. The lowest BCUT2D eigenvalue weighted by Crippen LogP contribution is -2.18. The highest BCUT2D eigenvalue weighted by Gasteiger charge is 2.41. The number of benzene rings is 1. The van der Waals surface area contributed by atoms with Crippen molar-refractivity contribution in [2.75, 3.05) is 18.5 Å². The second-order valence-corrected chi connectivity index (χ2v) is 5.33. The minimum Gasteiger partial charge on any atom is -0.396 e. The minimum absolute atomic E-state index is 0.168. The van der Waals surface area contributed by atoms with E-state index < -0.39 is 0 Å². The third-order valence-electron chi connectivity index (χ3n) is 3.12. The molecule has 0 bridgehead atoms. The second kappa shape index (κ2) is 4.14. The summed E-state index contributed by atoms with van der Waals surface area (Å²) in [6.07, 6.45) is 2.29. The average Bonchev–Trinajstić information content (AvgIpc) is 3.01. The van der Waals surface area contributed by atoms with Crippen LogP contribution >= 0.6 is 15.9 Å². The Hall–Kier alpha value is -0.540. The Morgan fingerprint density at radius 1 is 1.47 bits per heavy atom. The van der Waals surface area contributed by atoms with E-state index in [1.807, 2.05) is 0 Å². The molecule has 2 N–H and O–H groups in total. The zero-order valence-corrected chi connectivity index (χ0v) is 10.5. The number of aliphatic hydroxyl groups excluding tert-OH is 1. The molecule has 15 heavy (non-hydrogen) atoms. The van der Waals surface area contributed by atoms with Gasteiger partial charge < -0.3 is 10.4 Å². The van der Waals surface area contributed by atoms with Crippen molar-refractivity contribution in [3.05, 3.63) is 28.2 Å². The van der Waals surface area contributed by atoms with Crippen molar-refractivity contribution in [1.82, 2.24) is 0 Å². The molecule has 0 heterocycles. The van der Waals surface area contributed by atoms with Gasteiger partial charge in [0, 0.05) is 22.1 Å². The molecule has 1 saturated carbocycles. The standard InChI is InChI=1S/C12H16BrNO/c1-9-6-10(2-3-11(9)13)14-7-12(8-15)4-5-12/h2-3,6,14-15H,4-5,7-8H2,1H3. The fraction of sp³-hybridized carbons (Fsp3) is 0.500. The maximum Gasteiger partial charge on any atom is 0.0504 e. The van der Waals surface area contributed by atoms with E-state index in [-0.39, 0.29) is 5.41 Å². The number of halogens is 1. The molecule has 1 aromatic carbocycles. The van der Waals surface area contributed by atoms with Crippen molar-refractivity contribution < 1.29 is 5.11 Å². The molecule has 0 aliphatic heterocycles. The molecule has 82 valence electrons. The Bertz CT molecular complexity index is 361. The van der Waals surface area contributed by atoms with Crippen LogP contribution in [0.2, 0.25) is 0 Å². The second-order valence-electron chi connectivity index (χ2n) is 4.48. The zero-order valence-electron chi connectivity index (χ0n) is 8.89. The van der Waals surface area contributed by atoms with Gasteiger partial charge in [0.25, 0.3) is 0 Å². The first kappa shape index (κ1) is 11.0. The van der Waals surface area contributed by atoms with Crippen molar-refractivity contribution in [3.8, 4) is 0 Å². The predicted molar refractivity (Wildman–Crippen MR) is 66.1 cm³/mol. The van der Waals surface area contributed by atoms with Gasteiger partial charge in [0.05, 0.1) is 6.61 Å². The molecule has 0 saturated heterocycles. The molecular weight excluding hydrogens is 254 g/mol. The van der Waals surface area contributed by atoms with Gasteiger partial charge in [0.2, 0.25) is 0 Å². The fourth-order valence-corrected chi connectivity index (χ4v) is 1.86. The third kappa shape index (κ3) is 2.52. The number of nitrogens with one attached hydrogen (secondary N) is 1. The molecule has 0 spiro atoms. The highest BCUT2D eigenvalue weighted by Crippen LogP contribution is 2.44. The number of hydrogen-bond donors (Lipinski definition) is 2. The van der Waals surface area contributed by atoms with Gasteiger partial charge in [0.15, 0.2) is 0 Å². The first-order valence-electron chi connectivity index (χ1n) is 5.26. The molecule has 0 aromatic heterocycles. The van der Waals surface area contributed by atoms with Crippen molar-refractivity contribution >= 4 is 21.6 Å². The van der Waals surface area contributed by atoms with Crippen LogP contribution in [0.5, 0.6) is 0 Å². The smallest absolute Gasteiger partial charge is 0.0504 e. The molecule has 1 fully saturated rings. The van der Waals surface area contributed by atoms with Gasteiger partial charge in [-0.15, -0.1) is 0 Å². The normalized spacial score (nSPS) is 17.5. The largest absolute Gasteiger partial charge is 0.396 e. The topological polar surface area (TPSA) is 32.3 Å². The molecule has 2 rings (SSSR count). The molecule has 3 heteroatoms. The van der Waals surface area contributed by atoms with Crippen LogP contribution in [0.3, 0.4) is 0 Å². The molecule has 0 amide bonds. The van der Waals surface area contributed by atoms with E-state index in [0.717, 1.165) is 29.5 Å². The lowest BCUT2D eigenvalue weighted by Gasteiger charge is -2.14. The summed E-state index contributed by atoms with van der Waals surface area (Å²) in [5, 5.41) is 12.6. The summed E-state index contributed by atoms with van der Waals surface area (Å²) in [6.45, 7) is 3.26. The molecule has 1 aliphatic rings. The van der Waals surface area contributed by atoms with Gasteiger partial charge in [-0.3, -0.25) is 0 Å². The van der Waals surface area contributed by atoms with E-state index in [9.17, 15) is 5.11 Å². The number of anilines is 1. The molecule has 0 unspecified atom stereocenters. The Morgan fingerprint density at radius 3 is 2.73 bits per heavy atom. The lowest BCUT2D eigenvalue weighted by atomic mass is 10.1. The van der Waals surface area contributed by atoms with Crippen molar-refractivity contribution in [2.24, 2.45) is 5.41 Å². The van der Waals surface area contributed by atoms with E-state index in [4.69, 9.17) is 0 Å². The van der Waals surface area contributed by atoms with Gasteiger partial charge in [-0.2, -0.15) is 0 Å². The monoisotopic (exact) mass is 269 g/mol. The average molecular weight is 270 g/mol. The molecule has 0 radical (unpaired) electrons. The van der Waals surface area contributed by atoms with E-state index in [0.29, 0.717) is 6.61 Å². The quantitative estimate of drug-likeness (QED) is 0.881. The van der Waals surface area contributed by atoms with Crippen molar-refractivity contribution in [2.45, 2.75) is 19.8 Å². The predicted octanol–water partition coefficient (Wildman–Crippen LogP) is 2.94. The van der Waals surface area contributed by atoms with Crippen molar-refractivity contribution in [3.63, 3.8) is 0 Å². The highest BCUT2D eigenvalue weighted by atomic mass is 79.9. The Labute approximate surface area is 98.8 Å². The van der Waals surface area contributed by atoms with Crippen LogP contribution in [0.1, 0.15) is 18.4 Å². The molecular formula is C12H16BrNO. The summed E-state index contributed by atoms with van der Waals surface area (Å²) in [5.74, 6) is 0. The van der Waals surface area contributed by atoms with Gasteiger partial charge in [-0.05, 0) is 43.5 Å². The van der Waals surface area contributed by atoms with E-state index in [1.54, 1.807) is 0 Å². The number of aliphatic hydroxyl groups is 1. The van der Waals surface area contributed by atoms with Crippen LogP contribution < -0.4 is 5.32 Å². The third-order valence-corrected chi connectivity index (χ3v) is 4.01. The summed E-state index contributed by atoms with van der Waals surface area (Å²) < 4.78 is 1.14. The van der Waals surface area contributed by atoms with Crippen LogP contribution in [0, 0.1) is 12.3 Å². The van der Waals surface area contributed by atoms with Gasteiger partial charge >= 0.3 is 0 Å². The lowest BCUT2D eigenvalue weighted by molar-refractivity contribution is 0.220. The number of hydrogen-bond acceptors (Lipinski definition) is 2. The fourth-order valence-electron chi connectivity index (χ4n) is 1.61. The highest BCUT2D eigenvalue weighted by molar-refractivity contribution is 9.10. The maximum absolute atomic E-state index is 9.19. The van der Waals surface area contributed by atoms with E-state index in [2.05, 4.69) is 46.4 Å². The SMILES string of the molecule is Cc1cc(NCC2(CO)CC2)ccc1Br. The summed E-state index contributed by atoms with van der Waals surface area (Å²) >= 11 is 3.48. The van der Waals surface area contributed by atoms with Crippen LogP contribution in [0.4, 0.5) is 5.69 Å². The molecule has 0 atom stereocenters. The van der Waals surface area contributed by atoms with Gasteiger partial charge in [-0.25, -0.2) is 0 Å². The van der Waals surface area contributed by atoms with Crippen molar-refractivity contribution in [1.29, 1.82) is 0 Å². The first-order valence-corrected chi connectivity index (χ1v) is 6.05. The summed E-state index contributed by atoms with van der Waals surface area (Å²) in [4.78, 5) is 0. The van der Waals surface area contributed by atoms with E-state index >= 15 is 0 Å². The van der Waals surface area contributed by atoms with E-state index in [1.165, 1.54) is 5.56 Å². The summed E-state index contributed by atoms with van der Waals surface area (Å²) in [6, 6.07) is 6.23. The van der Waals surface area contributed by atoms with Crippen LogP contribution in [-0.2, 0) is 0 Å². The maximum atomic E-state index is 9.19. The number of aryl methyl sites for hydroxylation is 1. The zero-order chi connectivity index (χ0) is 10.9. The van der Waals surface area contributed by atoms with Gasteiger partial charge in [0.1, 0.15) is 0 Å². The first-order chi connectivity index (χ1) is 7.15.